The minimum atomic E-state index is -3.89. The van der Waals surface area contributed by atoms with Crippen LogP contribution in [0.3, 0.4) is 0 Å². The van der Waals surface area contributed by atoms with Crippen LogP contribution in [-0.2, 0) is 14.9 Å². The molecule has 2 aliphatic carbocycles. The Kier molecular flexibility index (Phi) is 3.80. The van der Waals surface area contributed by atoms with Crippen LogP contribution in [0.4, 0.5) is 0 Å². The number of hydrogen-bond donors (Lipinski definition) is 1. The third-order valence-electron chi connectivity index (χ3n) is 4.11. The van der Waals surface area contributed by atoms with Crippen LogP contribution >= 0.6 is 0 Å². The summed E-state index contributed by atoms with van der Waals surface area (Å²) in [4.78, 5) is 0. The van der Waals surface area contributed by atoms with Gasteiger partial charge in [-0.2, -0.15) is 8.42 Å². The Labute approximate surface area is 103 Å². The zero-order valence-corrected chi connectivity index (χ0v) is 11.2. The summed E-state index contributed by atoms with van der Waals surface area (Å²) in [7, 11) is -3.89. The van der Waals surface area contributed by atoms with Crippen LogP contribution in [-0.4, -0.2) is 30.9 Å². The highest BCUT2D eigenvalue weighted by Crippen LogP contribution is 2.47. The van der Waals surface area contributed by atoms with Crippen molar-refractivity contribution in [3.63, 3.8) is 0 Å². The van der Waals surface area contributed by atoms with Crippen LogP contribution in [0.25, 0.3) is 0 Å². The van der Waals surface area contributed by atoms with Gasteiger partial charge in [0.05, 0.1) is 18.0 Å². The first-order chi connectivity index (χ1) is 7.89. The molecule has 0 spiro atoms. The largest absolute Gasteiger partial charge is 0.374 e. The second kappa shape index (κ2) is 4.86. The first kappa shape index (κ1) is 13.3. The van der Waals surface area contributed by atoms with Gasteiger partial charge in [0.2, 0.25) is 0 Å². The van der Waals surface area contributed by atoms with E-state index in [-0.39, 0.29) is 18.0 Å². The highest BCUT2D eigenvalue weighted by atomic mass is 32.2. The predicted molar refractivity (Wildman–Crippen MR) is 65.5 cm³/mol. The highest BCUT2D eigenvalue weighted by Gasteiger charge is 2.42. The average molecular weight is 262 g/mol. The van der Waals surface area contributed by atoms with E-state index in [0.29, 0.717) is 5.92 Å². The Morgan fingerprint density at radius 1 is 1.41 bits per heavy atom. The molecule has 0 aromatic rings. The van der Waals surface area contributed by atoms with E-state index in [9.17, 15) is 8.42 Å². The Morgan fingerprint density at radius 3 is 2.88 bits per heavy atom. The molecule has 2 fully saturated rings. The molecular formula is C12H22O4S. The fourth-order valence-electron chi connectivity index (χ4n) is 3.67. The van der Waals surface area contributed by atoms with Crippen molar-refractivity contribution in [1.29, 1.82) is 0 Å². The summed E-state index contributed by atoms with van der Waals surface area (Å²) >= 11 is 0. The second-order valence-corrected chi connectivity index (χ2v) is 7.40. The second-order valence-electron chi connectivity index (χ2n) is 5.82. The van der Waals surface area contributed by atoms with Gasteiger partial charge in [-0.3, -0.25) is 4.55 Å². The van der Waals surface area contributed by atoms with Gasteiger partial charge in [-0.1, -0.05) is 19.8 Å². The maximum atomic E-state index is 10.7. The fraction of sp³-hybridized carbons (Fsp3) is 1.00. The summed E-state index contributed by atoms with van der Waals surface area (Å²) in [5, 5.41) is 0. The highest BCUT2D eigenvalue weighted by molar-refractivity contribution is 7.85. The molecule has 0 aromatic carbocycles. The topological polar surface area (TPSA) is 63.6 Å². The van der Waals surface area contributed by atoms with Gasteiger partial charge in [-0.05, 0) is 37.5 Å². The van der Waals surface area contributed by atoms with E-state index >= 15 is 0 Å². The van der Waals surface area contributed by atoms with Crippen molar-refractivity contribution in [1.82, 2.24) is 0 Å². The molecule has 17 heavy (non-hydrogen) atoms. The minimum absolute atomic E-state index is 0.106. The molecule has 2 saturated carbocycles. The molecule has 3 unspecified atom stereocenters. The molecule has 4 nitrogen and oxygen atoms in total. The van der Waals surface area contributed by atoms with Crippen molar-refractivity contribution in [2.45, 2.75) is 51.0 Å². The summed E-state index contributed by atoms with van der Waals surface area (Å²) in [5.41, 5.74) is -0.106. The summed E-state index contributed by atoms with van der Waals surface area (Å²) < 4.78 is 35.9. The molecular weight excluding hydrogens is 240 g/mol. The van der Waals surface area contributed by atoms with Gasteiger partial charge in [0.1, 0.15) is 0 Å². The Bertz CT molecular complexity index is 361. The van der Waals surface area contributed by atoms with Crippen molar-refractivity contribution in [2.75, 3.05) is 12.4 Å². The molecule has 0 radical (unpaired) electrons. The van der Waals surface area contributed by atoms with Crippen molar-refractivity contribution in [3.05, 3.63) is 0 Å². The zero-order valence-electron chi connectivity index (χ0n) is 10.4. The molecule has 0 heterocycles. The Balaban J connectivity index is 1.92. The predicted octanol–water partition coefficient (Wildman–Crippen LogP) is 2.25. The third-order valence-corrected chi connectivity index (χ3v) is 4.79. The maximum absolute atomic E-state index is 10.7. The van der Waals surface area contributed by atoms with Crippen molar-refractivity contribution < 1.29 is 17.7 Å². The van der Waals surface area contributed by atoms with Crippen molar-refractivity contribution >= 4 is 10.1 Å². The Morgan fingerprint density at radius 2 is 2.18 bits per heavy atom. The summed E-state index contributed by atoms with van der Waals surface area (Å²) in [6, 6.07) is 0. The van der Waals surface area contributed by atoms with Gasteiger partial charge in [0, 0.05) is 0 Å². The molecule has 2 bridgehead atoms. The van der Waals surface area contributed by atoms with Crippen LogP contribution in [0, 0.1) is 11.8 Å². The molecule has 1 N–H and O–H groups in total. The maximum Gasteiger partial charge on any atom is 0.267 e. The van der Waals surface area contributed by atoms with Gasteiger partial charge < -0.3 is 4.74 Å². The van der Waals surface area contributed by atoms with Crippen LogP contribution in [0.1, 0.15) is 45.4 Å². The third kappa shape index (κ3) is 3.66. The molecule has 0 aromatic heterocycles. The van der Waals surface area contributed by atoms with E-state index in [4.69, 9.17) is 9.29 Å². The van der Waals surface area contributed by atoms with Crippen LogP contribution in [0.5, 0.6) is 0 Å². The Hall–Kier alpha value is -0.130. The summed E-state index contributed by atoms with van der Waals surface area (Å²) in [5.74, 6) is 1.13. The van der Waals surface area contributed by atoms with E-state index < -0.39 is 10.1 Å². The quantitative estimate of drug-likeness (QED) is 0.789. The number of rotatable bonds is 4. The van der Waals surface area contributed by atoms with E-state index in [1.54, 1.807) is 0 Å². The average Bonchev–Trinajstić information content (AvgIpc) is 2.13. The molecule has 2 aliphatic rings. The minimum Gasteiger partial charge on any atom is -0.374 e. The first-order valence-corrected chi connectivity index (χ1v) is 8.09. The van der Waals surface area contributed by atoms with Crippen molar-refractivity contribution in [2.24, 2.45) is 11.8 Å². The molecule has 5 heteroatoms. The SMILES string of the molecule is CC1CC2CCCC(OCCS(=O)(=O)O)(C1)C2. The lowest BCUT2D eigenvalue weighted by Crippen LogP contribution is -2.44. The normalized spacial score (nSPS) is 38.0. The number of hydrogen-bond acceptors (Lipinski definition) is 3. The summed E-state index contributed by atoms with van der Waals surface area (Å²) in [6.45, 7) is 2.37. The number of ether oxygens (including phenoxy) is 1. The summed E-state index contributed by atoms with van der Waals surface area (Å²) in [6.07, 6.45) is 6.90. The standard InChI is InChI=1S/C12H22O4S/c1-10-7-11-3-2-4-12(8-10,9-11)16-5-6-17(13,14)15/h10-11H,2-9H2,1H3,(H,13,14,15). The van der Waals surface area contributed by atoms with E-state index in [2.05, 4.69) is 6.92 Å². The van der Waals surface area contributed by atoms with E-state index in [1.807, 2.05) is 0 Å². The number of fused-ring (bicyclic) bond motifs is 2. The molecule has 2 rings (SSSR count). The molecule has 100 valence electrons. The molecule has 0 aliphatic heterocycles. The molecule has 0 saturated heterocycles. The van der Waals surface area contributed by atoms with Gasteiger partial charge in [-0.15, -0.1) is 0 Å². The lowest BCUT2D eigenvalue weighted by Gasteiger charge is -2.47. The van der Waals surface area contributed by atoms with E-state index in [0.717, 1.165) is 25.2 Å². The molecule has 0 amide bonds. The van der Waals surface area contributed by atoms with Crippen molar-refractivity contribution in [3.8, 4) is 0 Å². The van der Waals surface area contributed by atoms with Gasteiger partial charge in [0.25, 0.3) is 10.1 Å². The first-order valence-electron chi connectivity index (χ1n) is 6.48. The zero-order chi connectivity index (χ0) is 12.5. The van der Waals surface area contributed by atoms with Crippen LogP contribution < -0.4 is 0 Å². The lowest BCUT2D eigenvalue weighted by atomic mass is 9.65. The van der Waals surface area contributed by atoms with E-state index in [1.165, 1.54) is 19.3 Å². The van der Waals surface area contributed by atoms with Gasteiger partial charge in [-0.25, -0.2) is 0 Å². The van der Waals surface area contributed by atoms with Crippen LogP contribution in [0.15, 0.2) is 0 Å². The lowest BCUT2D eigenvalue weighted by molar-refractivity contribution is -0.112. The van der Waals surface area contributed by atoms with Crippen LogP contribution in [0.2, 0.25) is 0 Å². The molecule has 3 atom stereocenters. The fourth-order valence-corrected chi connectivity index (χ4v) is 3.96. The van der Waals surface area contributed by atoms with Gasteiger partial charge >= 0.3 is 0 Å². The monoisotopic (exact) mass is 262 g/mol. The van der Waals surface area contributed by atoms with Gasteiger partial charge in [0.15, 0.2) is 0 Å². The smallest absolute Gasteiger partial charge is 0.267 e.